The molecule has 5 heteroatoms. The first-order chi connectivity index (χ1) is 12.5. The summed E-state index contributed by atoms with van der Waals surface area (Å²) in [5.74, 6) is -0.150. The average molecular weight is 384 g/mol. The molecule has 0 saturated carbocycles. The quantitative estimate of drug-likeness (QED) is 0.302. The number of rotatable bonds is 4. The van der Waals surface area contributed by atoms with E-state index < -0.39 is 5.97 Å². The zero-order valence-corrected chi connectivity index (χ0v) is 15.5. The molecule has 0 saturated heterocycles. The topological polar surface area (TPSA) is 38.7 Å². The SMILES string of the molecule is Cc1cccc(N=Cc2ccccc2OC(=O)c2ccc(Cl)cc2Cl)c1. The van der Waals surface area contributed by atoms with Crippen molar-refractivity contribution in [2.24, 2.45) is 4.99 Å². The van der Waals surface area contributed by atoms with E-state index in [1.54, 1.807) is 24.4 Å². The minimum Gasteiger partial charge on any atom is -0.422 e. The van der Waals surface area contributed by atoms with Gasteiger partial charge in [-0.3, -0.25) is 4.99 Å². The maximum atomic E-state index is 12.4. The second-order valence-corrected chi connectivity index (χ2v) is 6.49. The van der Waals surface area contributed by atoms with Gasteiger partial charge in [0, 0.05) is 16.8 Å². The highest BCUT2D eigenvalue weighted by Gasteiger charge is 2.14. The van der Waals surface area contributed by atoms with Crippen molar-refractivity contribution in [3.63, 3.8) is 0 Å². The number of ether oxygens (including phenoxy) is 1. The van der Waals surface area contributed by atoms with Crippen molar-refractivity contribution in [3.8, 4) is 5.75 Å². The molecule has 0 atom stereocenters. The molecule has 0 aliphatic rings. The van der Waals surface area contributed by atoms with Crippen molar-refractivity contribution >= 4 is 41.1 Å². The van der Waals surface area contributed by atoms with Crippen LogP contribution in [0.3, 0.4) is 0 Å². The third kappa shape index (κ3) is 4.51. The maximum Gasteiger partial charge on any atom is 0.345 e. The molecule has 0 N–H and O–H groups in total. The Hall–Kier alpha value is -2.62. The zero-order chi connectivity index (χ0) is 18.5. The van der Waals surface area contributed by atoms with E-state index >= 15 is 0 Å². The summed E-state index contributed by atoms with van der Waals surface area (Å²) in [4.78, 5) is 16.9. The Bertz CT molecular complexity index is 983. The van der Waals surface area contributed by atoms with Gasteiger partial charge in [0.15, 0.2) is 0 Å². The number of nitrogens with zero attached hydrogens (tertiary/aromatic N) is 1. The van der Waals surface area contributed by atoms with Crippen LogP contribution in [0.2, 0.25) is 10.0 Å². The van der Waals surface area contributed by atoms with Gasteiger partial charge in [0.1, 0.15) is 5.75 Å². The van der Waals surface area contributed by atoms with Gasteiger partial charge in [0.25, 0.3) is 0 Å². The van der Waals surface area contributed by atoms with E-state index in [2.05, 4.69) is 4.99 Å². The first-order valence-corrected chi connectivity index (χ1v) is 8.65. The van der Waals surface area contributed by atoms with Gasteiger partial charge >= 0.3 is 5.97 Å². The molecule has 0 aliphatic heterocycles. The molecule has 0 bridgehead atoms. The fourth-order valence-corrected chi connectivity index (χ4v) is 2.83. The molecule has 3 aromatic carbocycles. The van der Waals surface area contributed by atoms with Crippen LogP contribution in [0, 0.1) is 6.92 Å². The molecule has 3 nitrogen and oxygen atoms in total. The number of aryl methyl sites for hydroxylation is 1. The largest absolute Gasteiger partial charge is 0.422 e. The second-order valence-electron chi connectivity index (χ2n) is 5.65. The number of carbonyl (C=O) groups is 1. The summed E-state index contributed by atoms with van der Waals surface area (Å²) in [5.41, 5.74) is 2.89. The Kier molecular flexibility index (Phi) is 5.71. The lowest BCUT2D eigenvalue weighted by atomic mass is 10.2. The van der Waals surface area contributed by atoms with Crippen molar-refractivity contribution in [2.75, 3.05) is 0 Å². The second kappa shape index (κ2) is 8.17. The van der Waals surface area contributed by atoms with Crippen molar-refractivity contribution in [3.05, 3.63) is 93.5 Å². The Morgan fingerprint density at radius 2 is 1.81 bits per heavy atom. The first-order valence-electron chi connectivity index (χ1n) is 7.90. The molecular formula is C21H15Cl2NO2. The molecule has 0 radical (unpaired) electrons. The minimum atomic E-state index is -0.553. The van der Waals surface area contributed by atoms with Crippen LogP contribution in [-0.4, -0.2) is 12.2 Å². The van der Waals surface area contributed by atoms with E-state index in [9.17, 15) is 4.79 Å². The van der Waals surface area contributed by atoms with Crippen LogP contribution < -0.4 is 4.74 Å². The standard InChI is InChI=1S/C21H15Cl2NO2/c1-14-5-4-7-17(11-14)24-13-15-6-2-3-8-20(15)26-21(25)18-10-9-16(22)12-19(18)23/h2-13H,1H3. The number of hydrogen-bond acceptors (Lipinski definition) is 3. The Morgan fingerprint density at radius 1 is 1.00 bits per heavy atom. The summed E-state index contributed by atoms with van der Waals surface area (Å²) in [5, 5.41) is 0.700. The van der Waals surface area contributed by atoms with Gasteiger partial charge in [-0.15, -0.1) is 0 Å². The molecule has 3 rings (SSSR count). The smallest absolute Gasteiger partial charge is 0.345 e. The van der Waals surface area contributed by atoms with E-state index in [1.165, 1.54) is 12.1 Å². The van der Waals surface area contributed by atoms with Crippen molar-refractivity contribution in [1.29, 1.82) is 0 Å². The van der Waals surface area contributed by atoms with Gasteiger partial charge in [0.05, 0.1) is 16.3 Å². The molecule has 0 amide bonds. The Balaban J connectivity index is 1.84. The lowest BCUT2D eigenvalue weighted by Gasteiger charge is -2.08. The van der Waals surface area contributed by atoms with Gasteiger partial charge in [-0.2, -0.15) is 0 Å². The van der Waals surface area contributed by atoms with E-state index in [0.717, 1.165) is 11.3 Å². The zero-order valence-electron chi connectivity index (χ0n) is 13.9. The van der Waals surface area contributed by atoms with E-state index in [4.69, 9.17) is 27.9 Å². The average Bonchev–Trinajstić information content (AvgIpc) is 2.61. The molecule has 26 heavy (non-hydrogen) atoms. The van der Waals surface area contributed by atoms with Crippen LogP contribution in [0.4, 0.5) is 5.69 Å². The number of benzene rings is 3. The third-order valence-electron chi connectivity index (χ3n) is 3.63. The summed E-state index contributed by atoms with van der Waals surface area (Å²) in [6.45, 7) is 2.00. The van der Waals surface area contributed by atoms with E-state index in [1.807, 2.05) is 43.3 Å². The highest BCUT2D eigenvalue weighted by atomic mass is 35.5. The predicted octanol–water partition coefficient (Wildman–Crippen LogP) is 6.27. The summed E-state index contributed by atoms with van der Waals surface area (Å²) in [6, 6.07) is 19.6. The molecule has 0 spiro atoms. The van der Waals surface area contributed by atoms with Crippen LogP contribution in [-0.2, 0) is 0 Å². The summed E-state index contributed by atoms with van der Waals surface area (Å²) >= 11 is 11.9. The predicted molar refractivity (Wildman–Crippen MR) is 106 cm³/mol. The molecule has 0 fully saturated rings. The van der Waals surface area contributed by atoms with Gasteiger partial charge in [0.2, 0.25) is 0 Å². The normalized spacial score (nSPS) is 10.9. The van der Waals surface area contributed by atoms with Crippen molar-refractivity contribution in [1.82, 2.24) is 0 Å². The third-order valence-corrected chi connectivity index (χ3v) is 4.17. The highest BCUT2D eigenvalue weighted by molar-refractivity contribution is 6.36. The number of esters is 1. The van der Waals surface area contributed by atoms with Crippen molar-refractivity contribution in [2.45, 2.75) is 6.92 Å². The molecule has 130 valence electrons. The summed E-state index contributed by atoms with van der Waals surface area (Å²) in [6.07, 6.45) is 1.67. The Morgan fingerprint density at radius 3 is 2.58 bits per heavy atom. The number of hydrogen-bond donors (Lipinski definition) is 0. The van der Waals surface area contributed by atoms with Gasteiger partial charge in [-0.05, 0) is 55.0 Å². The van der Waals surface area contributed by atoms with Crippen molar-refractivity contribution < 1.29 is 9.53 Å². The molecule has 3 aromatic rings. The number of halogens is 2. The number of aliphatic imine (C=N–C) groups is 1. The first kappa shape index (κ1) is 18.2. The van der Waals surface area contributed by atoms with Gasteiger partial charge in [-0.1, -0.05) is 47.5 Å². The Labute approximate surface area is 161 Å². The molecule has 0 heterocycles. The molecular weight excluding hydrogens is 369 g/mol. The van der Waals surface area contributed by atoms with Crippen LogP contribution in [0.5, 0.6) is 5.75 Å². The minimum absolute atomic E-state index is 0.244. The van der Waals surface area contributed by atoms with Crippen LogP contribution in [0.15, 0.2) is 71.7 Å². The summed E-state index contributed by atoms with van der Waals surface area (Å²) < 4.78 is 5.51. The summed E-state index contributed by atoms with van der Waals surface area (Å²) in [7, 11) is 0. The number of para-hydroxylation sites is 1. The van der Waals surface area contributed by atoms with Crippen LogP contribution in [0.1, 0.15) is 21.5 Å². The molecule has 0 aliphatic carbocycles. The van der Waals surface area contributed by atoms with Crippen LogP contribution >= 0.6 is 23.2 Å². The van der Waals surface area contributed by atoms with Gasteiger partial charge < -0.3 is 4.74 Å². The lowest BCUT2D eigenvalue weighted by molar-refractivity contribution is 0.0734. The lowest BCUT2D eigenvalue weighted by Crippen LogP contribution is -2.10. The fraction of sp³-hybridized carbons (Fsp3) is 0.0476. The fourth-order valence-electron chi connectivity index (χ4n) is 2.34. The van der Waals surface area contributed by atoms with Gasteiger partial charge in [-0.25, -0.2) is 4.79 Å². The van der Waals surface area contributed by atoms with Crippen LogP contribution in [0.25, 0.3) is 0 Å². The van der Waals surface area contributed by atoms with E-state index in [-0.39, 0.29) is 10.6 Å². The molecule has 0 aromatic heterocycles. The number of carbonyl (C=O) groups excluding carboxylic acids is 1. The highest BCUT2D eigenvalue weighted by Crippen LogP contribution is 2.24. The monoisotopic (exact) mass is 383 g/mol. The maximum absolute atomic E-state index is 12.4. The van der Waals surface area contributed by atoms with E-state index in [0.29, 0.717) is 16.3 Å². The molecule has 0 unspecified atom stereocenters.